The van der Waals surface area contributed by atoms with Gasteiger partial charge in [0, 0.05) is 37.1 Å². The Balaban J connectivity index is 1.79. The summed E-state index contributed by atoms with van der Waals surface area (Å²) in [6.45, 7) is 9.30. The predicted octanol–water partition coefficient (Wildman–Crippen LogP) is 3.84. The highest BCUT2D eigenvalue weighted by molar-refractivity contribution is 7.11. The molecular formula is C22H34N4O2S. The molecule has 0 atom stereocenters. The molecule has 7 heteroatoms. The van der Waals surface area contributed by atoms with E-state index in [1.807, 2.05) is 19.2 Å². The van der Waals surface area contributed by atoms with E-state index in [-0.39, 0.29) is 0 Å². The Morgan fingerprint density at radius 3 is 2.69 bits per heavy atom. The van der Waals surface area contributed by atoms with Gasteiger partial charge in [0.25, 0.3) is 0 Å². The third-order valence-electron chi connectivity index (χ3n) is 4.35. The standard InChI is InChI=1S/C22H34N4O2S/c1-5-18-16-26-21(29-18)12-14-25-22(23-6-2)24-13-8-9-17-10-11-19(27-4)20(15-17)28-7-3/h10-11,15-16H,5-9,12-14H2,1-4H3,(H2,23,24,25). The largest absolute Gasteiger partial charge is 0.493 e. The van der Waals surface area contributed by atoms with Crippen molar-refractivity contribution in [2.45, 2.75) is 46.5 Å². The molecule has 2 N–H and O–H groups in total. The lowest BCUT2D eigenvalue weighted by Crippen LogP contribution is -2.38. The van der Waals surface area contributed by atoms with Crippen molar-refractivity contribution in [3.8, 4) is 11.5 Å². The Morgan fingerprint density at radius 1 is 1.14 bits per heavy atom. The maximum absolute atomic E-state index is 5.66. The smallest absolute Gasteiger partial charge is 0.191 e. The van der Waals surface area contributed by atoms with Crippen LogP contribution in [0.1, 0.15) is 42.6 Å². The maximum atomic E-state index is 5.66. The van der Waals surface area contributed by atoms with Crippen LogP contribution in [0.3, 0.4) is 0 Å². The molecule has 1 heterocycles. The minimum atomic E-state index is 0.628. The van der Waals surface area contributed by atoms with E-state index in [0.29, 0.717) is 6.61 Å². The fraction of sp³-hybridized carbons (Fsp3) is 0.545. The molecule has 0 aliphatic heterocycles. The van der Waals surface area contributed by atoms with Crippen molar-refractivity contribution in [2.24, 2.45) is 4.99 Å². The van der Waals surface area contributed by atoms with Crippen molar-refractivity contribution in [1.29, 1.82) is 0 Å². The minimum absolute atomic E-state index is 0.628. The molecule has 0 saturated carbocycles. The lowest BCUT2D eigenvalue weighted by Gasteiger charge is -2.12. The average Bonchev–Trinajstić information content (AvgIpc) is 3.19. The maximum Gasteiger partial charge on any atom is 0.191 e. The SMILES string of the molecule is CCNC(=NCCCc1ccc(OC)c(OCC)c1)NCCc1ncc(CC)s1. The third kappa shape index (κ3) is 7.93. The van der Waals surface area contributed by atoms with Crippen LogP contribution < -0.4 is 20.1 Å². The van der Waals surface area contributed by atoms with Gasteiger partial charge in [0.2, 0.25) is 0 Å². The molecule has 0 spiro atoms. The lowest BCUT2D eigenvalue weighted by atomic mass is 10.1. The molecule has 1 aromatic heterocycles. The monoisotopic (exact) mass is 418 g/mol. The van der Waals surface area contributed by atoms with Gasteiger partial charge in [-0.2, -0.15) is 0 Å². The van der Waals surface area contributed by atoms with Gasteiger partial charge in [0.15, 0.2) is 17.5 Å². The summed E-state index contributed by atoms with van der Waals surface area (Å²) in [5.74, 6) is 2.45. The molecule has 29 heavy (non-hydrogen) atoms. The van der Waals surface area contributed by atoms with Crippen LogP contribution >= 0.6 is 11.3 Å². The van der Waals surface area contributed by atoms with Gasteiger partial charge in [-0.15, -0.1) is 11.3 Å². The zero-order valence-corrected chi connectivity index (χ0v) is 18.9. The summed E-state index contributed by atoms with van der Waals surface area (Å²) in [6.07, 6.45) is 5.87. The summed E-state index contributed by atoms with van der Waals surface area (Å²) in [5.41, 5.74) is 1.23. The van der Waals surface area contributed by atoms with Gasteiger partial charge in [-0.25, -0.2) is 4.98 Å². The van der Waals surface area contributed by atoms with Crippen LogP contribution in [0, 0.1) is 0 Å². The summed E-state index contributed by atoms with van der Waals surface area (Å²) in [4.78, 5) is 10.5. The molecule has 0 fully saturated rings. The molecule has 0 amide bonds. The number of methoxy groups -OCH3 is 1. The fourth-order valence-corrected chi connectivity index (χ4v) is 3.74. The van der Waals surface area contributed by atoms with Crippen molar-refractivity contribution in [3.63, 3.8) is 0 Å². The van der Waals surface area contributed by atoms with Gasteiger partial charge in [0.05, 0.1) is 18.7 Å². The van der Waals surface area contributed by atoms with Crippen molar-refractivity contribution in [3.05, 3.63) is 39.8 Å². The van der Waals surface area contributed by atoms with Crippen LogP contribution in [-0.4, -0.2) is 44.3 Å². The molecule has 1 aromatic carbocycles. The Hall–Kier alpha value is -2.28. The highest BCUT2D eigenvalue weighted by Crippen LogP contribution is 2.28. The van der Waals surface area contributed by atoms with Gasteiger partial charge in [-0.1, -0.05) is 13.0 Å². The summed E-state index contributed by atoms with van der Waals surface area (Å²) >= 11 is 1.79. The average molecular weight is 419 g/mol. The number of guanidine groups is 1. The zero-order valence-electron chi connectivity index (χ0n) is 18.1. The van der Waals surface area contributed by atoms with E-state index in [1.165, 1.54) is 15.4 Å². The van der Waals surface area contributed by atoms with E-state index < -0.39 is 0 Å². The first kappa shape index (κ1) is 23.0. The summed E-state index contributed by atoms with van der Waals surface area (Å²) < 4.78 is 11.0. The molecule has 2 rings (SSSR count). The normalized spacial score (nSPS) is 11.4. The molecule has 0 saturated heterocycles. The van der Waals surface area contributed by atoms with Crippen LogP contribution in [0.5, 0.6) is 11.5 Å². The highest BCUT2D eigenvalue weighted by atomic mass is 32.1. The summed E-state index contributed by atoms with van der Waals surface area (Å²) in [6, 6.07) is 6.12. The molecule has 0 aliphatic carbocycles. The third-order valence-corrected chi connectivity index (χ3v) is 5.55. The molecule has 0 bridgehead atoms. The van der Waals surface area contributed by atoms with Crippen LogP contribution in [-0.2, 0) is 19.3 Å². The van der Waals surface area contributed by atoms with Gasteiger partial charge in [-0.05, 0) is 50.8 Å². The molecule has 0 aliphatic rings. The van der Waals surface area contributed by atoms with Gasteiger partial charge >= 0.3 is 0 Å². The summed E-state index contributed by atoms with van der Waals surface area (Å²) in [5, 5.41) is 7.89. The quantitative estimate of drug-likeness (QED) is 0.311. The number of ether oxygens (including phenoxy) is 2. The van der Waals surface area contributed by atoms with Gasteiger partial charge in [-0.3, -0.25) is 4.99 Å². The molecule has 0 unspecified atom stereocenters. The lowest BCUT2D eigenvalue weighted by molar-refractivity contribution is 0.310. The first-order valence-corrected chi connectivity index (χ1v) is 11.3. The van der Waals surface area contributed by atoms with Crippen molar-refractivity contribution in [2.75, 3.05) is 33.4 Å². The van der Waals surface area contributed by atoms with E-state index in [9.17, 15) is 0 Å². The number of nitrogens with one attached hydrogen (secondary N) is 2. The van der Waals surface area contributed by atoms with E-state index in [4.69, 9.17) is 14.5 Å². The minimum Gasteiger partial charge on any atom is -0.493 e. The highest BCUT2D eigenvalue weighted by Gasteiger charge is 2.06. The molecule has 0 radical (unpaired) electrons. The van der Waals surface area contributed by atoms with Crippen molar-refractivity contribution in [1.82, 2.24) is 15.6 Å². The van der Waals surface area contributed by atoms with E-state index in [2.05, 4.69) is 41.6 Å². The number of thiazole rings is 1. The predicted molar refractivity (Wildman–Crippen MR) is 122 cm³/mol. The molecule has 6 nitrogen and oxygen atoms in total. The molecule has 2 aromatic rings. The number of aliphatic imine (C=N–C) groups is 1. The first-order valence-electron chi connectivity index (χ1n) is 10.5. The number of aryl methyl sites for hydroxylation is 2. The van der Waals surface area contributed by atoms with Gasteiger partial charge < -0.3 is 20.1 Å². The van der Waals surface area contributed by atoms with Gasteiger partial charge in [0.1, 0.15) is 0 Å². The second-order valence-electron chi connectivity index (χ2n) is 6.53. The Bertz CT molecular complexity index is 761. The Morgan fingerprint density at radius 2 is 2.00 bits per heavy atom. The van der Waals surface area contributed by atoms with Crippen molar-refractivity contribution < 1.29 is 9.47 Å². The topological polar surface area (TPSA) is 67.8 Å². The zero-order chi connectivity index (χ0) is 20.9. The molecular weight excluding hydrogens is 384 g/mol. The number of rotatable bonds is 12. The Labute approximate surface area is 178 Å². The van der Waals surface area contributed by atoms with Crippen LogP contribution in [0.4, 0.5) is 0 Å². The van der Waals surface area contributed by atoms with Crippen LogP contribution in [0.2, 0.25) is 0 Å². The second kappa shape index (κ2) is 13.0. The number of benzene rings is 1. The van der Waals surface area contributed by atoms with E-state index in [0.717, 1.165) is 62.8 Å². The summed E-state index contributed by atoms with van der Waals surface area (Å²) in [7, 11) is 1.67. The van der Waals surface area contributed by atoms with E-state index in [1.54, 1.807) is 18.4 Å². The van der Waals surface area contributed by atoms with Crippen LogP contribution in [0.15, 0.2) is 29.4 Å². The Kier molecular flexibility index (Phi) is 10.3. The molecule has 160 valence electrons. The fourth-order valence-electron chi connectivity index (χ4n) is 2.88. The van der Waals surface area contributed by atoms with E-state index >= 15 is 0 Å². The number of aromatic nitrogens is 1. The van der Waals surface area contributed by atoms with Crippen LogP contribution in [0.25, 0.3) is 0 Å². The number of hydrogen-bond acceptors (Lipinski definition) is 5. The number of hydrogen-bond donors (Lipinski definition) is 2. The number of nitrogens with zero attached hydrogens (tertiary/aromatic N) is 2. The second-order valence-corrected chi connectivity index (χ2v) is 7.73. The van der Waals surface area contributed by atoms with Crippen molar-refractivity contribution >= 4 is 17.3 Å². The first-order chi connectivity index (χ1) is 14.2.